The molecule has 4 aromatic rings. The van der Waals surface area contributed by atoms with E-state index < -0.39 is 0 Å². The van der Waals surface area contributed by atoms with Crippen molar-refractivity contribution in [2.75, 3.05) is 0 Å². The smallest absolute Gasteiger partial charge is 0.343 e. The minimum atomic E-state index is -0.372. The molecule has 5 rings (SSSR count). The summed E-state index contributed by atoms with van der Waals surface area (Å²) >= 11 is 0. The number of carbonyl (C=O) groups is 2. The molecule has 0 aliphatic heterocycles. The van der Waals surface area contributed by atoms with E-state index in [4.69, 9.17) is 9.47 Å². The van der Waals surface area contributed by atoms with Crippen molar-refractivity contribution in [3.05, 3.63) is 130 Å². The molecular formula is C32H26O4. The zero-order valence-electron chi connectivity index (χ0n) is 20.3. The molecule has 0 saturated carbocycles. The highest BCUT2D eigenvalue weighted by atomic mass is 16.5. The van der Waals surface area contributed by atoms with Gasteiger partial charge in [0.1, 0.15) is 11.5 Å². The Morgan fingerprint density at radius 2 is 1.22 bits per heavy atom. The van der Waals surface area contributed by atoms with Gasteiger partial charge in [0, 0.05) is 0 Å². The first kappa shape index (κ1) is 23.3. The molecule has 4 nitrogen and oxygen atoms in total. The maximum atomic E-state index is 12.5. The van der Waals surface area contributed by atoms with E-state index in [1.165, 1.54) is 5.57 Å². The van der Waals surface area contributed by atoms with E-state index in [1.54, 1.807) is 30.3 Å². The lowest BCUT2D eigenvalue weighted by Gasteiger charge is -2.18. The Labute approximate surface area is 210 Å². The minimum Gasteiger partial charge on any atom is -0.423 e. The van der Waals surface area contributed by atoms with Crippen LogP contribution in [0.2, 0.25) is 0 Å². The first-order chi connectivity index (χ1) is 17.4. The molecule has 0 radical (unpaired) electrons. The molecule has 0 bridgehead atoms. The maximum Gasteiger partial charge on any atom is 0.343 e. The highest BCUT2D eigenvalue weighted by Crippen LogP contribution is 2.33. The second kappa shape index (κ2) is 10.0. The van der Waals surface area contributed by atoms with Gasteiger partial charge in [-0.1, -0.05) is 59.7 Å². The summed E-state index contributed by atoms with van der Waals surface area (Å²) in [6, 6.07) is 28.0. The Kier molecular flexibility index (Phi) is 6.50. The van der Waals surface area contributed by atoms with Crippen molar-refractivity contribution in [2.45, 2.75) is 26.7 Å². The van der Waals surface area contributed by atoms with Gasteiger partial charge in [-0.2, -0.15) is 0 Å². The number of esters is 2. The van der Waals surface area contributed by atoms with Gasteiger partial charge in [0.25, 0.3) is 0 Å². The monoisotopic (exact) mass is 474 g/mol. The summed E-state index contributed by atoms with van der Waals surface area (Å²) in [4.78, 5) is 25.0. The molecule has 0 atom stereocenters. The number of benzene rings is 4. The summed E-state index contributed by atoms with van der Waals surface area (Å²) in [5.74, 6) is 0.325. The number of aryl methyl sites for hydroxylation is 3. The third-order valence-electron chi connectivity index (χ3n) is 6.31. The molecule has 1 aliphatic carbocycles. The number of ether oxygens (including phenoxy) is 2. The van der Waals surface area contributed by atoms with Crippen LogP contribution in [0.4, 0.5) is 0 Å². The van der Waals surface area contributed by atoms with Crippen molar-refractivity contribution in [2.24, 2.45) is 0 Å². The molecule has 4 heteroatoms. The Bertz CT molecular complexity index is 1460. The molecule has 36 heavy (non-hydrogen) atoms. The predicted octanol–water partition coefficient (Wildman–Crippen LogP) is 7.23. The highest BCUT2D eigenvalue weighted by Gasteiger charge is 2.16. The number of carbonyl (C=O) groups excluding carboxylic acids is 2. The van der Waals surface area contributed by atoms with Crippen LogP contribution in [0.15, 0.2) is 91.0 Å². The molecule has 0 fully saturated rings. The van der Waals surface area contributed by atoms with Gasteiger partial charge in [0.15, 0.2) is 0 Å². The zero-order valence-corrected chi connectivity index (χ0v) is 20.3. The summed E-state index contributed by atoms with van der Waals surface area (Å²) in [7, 11) is 0. The molecule has 0 unspecified atom stereocenters. The molecule has 0 saturated heterocycles. The molecule has 0 amide bonds. The fourth-order valence-electron chi connectivity index (χ4n) is 4.23. The highest BCUT2D eigenvalue weighted by molar-refractivity contribution is 5.92. The standard InChI is InChI=1S/C32H26O4/c1-21-6-10-23(11-7-21)31(33)35-29-5-3-4-25(19-29)26-14-15-28-20-30(17-16-27(28)18-26)36-32(34)24-12-8-22(2)9-13-24/h3-13,16-20H,14-15H2,1-2H3. The van der Waals surface area contributed by atoms with Crippen LogP contribution in [0.25, 0.3) is 11.6 Å². The quantitative estimate of drug-likeness (QED) is 0.226. The van der Waals surface area contributed by atoms with Crippen LogP contribution in [0.1, 0.15) is 55.0 Å². The predicted molar refractivity (Wildman–Crippen MR) is 141 cm³/mol. The number of hydrogen-bond donors (Lipinski definition) is 0. The largest absolute Gasteiger partial charge is 0.423 e. The third-order valence-corrected chi connectivity index (χ3v) is 6.31. The Morgan fingerprint density at radius 1 is 0.639 bits per heavy atom. The second-order valence-electron chi connectivity index (χ2n) is 9.07. The average Bonchev–Trinajstić information content (AvgIpc) is 2.89. The van der Waals surface area contributed by atoms with Crippen molar-refractivity contribution in [3.8, 4) is 11.5 Å². The van der Waals surface area contributed by atoms with E-state index in [0.717, 1.165) is 40.7 Å². The van der Waals surface area contributed by atoms with Crippen LogP contribution in [-0.2, 0) is 6.42 Å². The van der Waals surface area contributed by atoms with Crippen molar-refractivity contribution in [3.63, 3.8) is 0 Å². The molecule has 1 aliphatic rings. The van der Waals surface area contributed by atoms with Gasteiger partial charge < -0.3 is 9.47 Å². The van der Waals surface area contributed by atoms with Gasteiger partial charge in [-0.3, -0.25) is 0 Å². The molecule has 0 spiro atoms. The van der Waals surface area contributed by atoms with Crippen molar-refractivity contribution in [1.29, 1.82) is 0 Å². The average molecular weight is 475 g/mol. The minimum absolute atomic E-state index is 0.362. The van der Waals surface area contributed by atoms with Gasteiger partial charge in [-0.05, 0) is 97.5 Å². The number of rotatable bonds is 5. The summed E-state index contributed by atoms with van der Waals surface area (Å²) in [5.41, 5.74) is 7.65. The van der Waals surface area contributed by atoms with Crippen molar-refractivity contribution < 1.29 is 19.1 Å². The number of allylic oxidation sites excluding steroid dienone is 1. The van der Waals surface area contributed by atoms with E-state index in [-0.39, 0.29) is 11.9 Å². The van der Waals surface area contributed by atoms with Crippen LogP contribution in [-0.4, -0.2) is 11.9 Å². The van der Waals surface area contributed by atoms with Gasteiger partial charge in [-0.25, -0.2) is 9.59 Å². The second-order valence-corrected chi connectivity index (χ2v) is 9.07. The summed E-state index contributed by atoms with van der Waals surface area (Å²) in [6.45, 7) is 3.96. The summed E-state index contributed by atoms with van der Waals surface area (Å²) in [6.07, 6.45) is 3.80. The Balaban J connectivity index is 1.30. The number of fused-ring (bicyclic) bond motifs is 1. The van der Waals surface area contributed by atoms with E-state index in [0.29, 0.717) is 22.6 Å². The van der Waals surface area contributed by atoms with E-state index >= 15 is 0 Å². The molecule has 0 N–H and O–H groups in total. The van der Waals surface area contributed by atoms with E-state index in [2.05, 4.69) is 6.08 Å². The normalized spacial score (nSPS) is 12.3. The van der Waals surface area contributed by atoms with Crippen LogP contribution < -0.4 is 9.47 Å². The number of hydrogen-bond acceptors (Lipinski definition) is 4. The summed E-state index contributed by atoms with van der Waals surface area (Å²) < 4.78 is 11.2. The fourth-order valence-corrected chi connectivity index (χ4v) is 4.23. The first-order valence-electron chi connectivity index (χ1n) is 12.0. The topological polar surface area (TPSA) is 52.6 Å². The van der Waals surface area contributed by atoms with Gasteiger partial charge in [0.05, 0.1) is 11.1 Å². The SMILES string of the molecule is Cc1ccc(C(=O)Oc2cccc(C3=Cc4ccc(OC(=O)c5ccc(C)cc5)cc4CC3)c2)cc1. The zero-order chi connectivity index (χ0) is 25.1. The summed E-state index contributed by atoms with van der Waals surface area (Å²) in [5, 5.41) is 0. The Morgan fingerprint density at radius 3 is 1.83 bits per heavy atom. The third kappa shape index (κ3) is 5.28. The Hall–Kier alpha value is -4.44. The maximum absolute atomic E-state index is 12.5. The van der Waals surface area contributed by atoms with Crippen LogP contribution in [0.3, 0.4) is 0 Å². The van der Waals surface area contributed by atoms with Crippen molar-refractivity contribution >= 4 is 23.6 Å². The van der Waals surface area contributed by atoms with E-state index in [9.17, 15) is 9.59 Å². The fraction of sp³-hybridized carbons (Fsp3) is 0.125. The van der Waals surface area contributed by atoms with Crippen LogP contribution in [0, 0.1) is 13.8 Å². The van der Waals surface area contributed by atoms with Crippen LogP contribution in [0.5, 0.6) is 11.5 Å². The molecule has 0 aromatic heterocycles. The first-order valence-corrected chi connectivity index (χ1v) is 12.0. The molecule has 178 valence electrons. The van der Waals surface area contributed by atoms with Crippen molar-refractivity contribution in [1.82, 2.24) is 0 Å². The van der Waals surface area contributed by atoms with Gasteiger partial charge in [-0.15, -0.1) is 0 Å². The van der Waals surface area contributed by atoms with Crippen LogP contribution >= 0.6 is 0 Å². The molecule has 4 aromatic carbocycles. The lowest BCUT2D eigenvalue weighted by molar-refractivity contribution is 0.0725. The van der Waals surface area contributed by atoms with E-state index in [1.807, 2.05) is 74.5 Å². The molecule has 0 heterocycles. The molecular weight excluding hydrogens is 448 g/mol. The lowest BCUT2D eigenvalue weighted by atomic mass is 9.88. The van der Waals surface area contributed by atoms with Gasteiger partial charge >= 0.3 is 11.9 Å². The lowest BCUT2D eigenvalue weighted by Crippen LogP contribution is -2.09. The van der Waals surface area contributed by atoms with Gasteiger partial charge in [0.2, 0.25) is 0 Å².